The number of unbranched alkanes of at least 4 members (excludes halogenated alkanes) is 2. The molecule has 0 heterocycles. The quantitative estimate of drug-likeness (QED) is 0.359. The van der Waals surface area contributed by atoms with Crippen LogP contribution in [0.2, 0.25) is 0 Å². The maximum absolute atomic E-state index is 13.3. The molecule has 0 saturated heterocycles. The van der Waals surface area contributed by atoms with Crippen LogP contribution in [0.3, 0.4) is 0 Å². The first-order valence-electron chi connectivity index (χ1n) is 12.2. The Balaban J connectivity index is 2.46. The highest BCUT2D eigenvalue weighted by Crippen LogP contribution is 2.38. The monoisotopic (exact) mass is 497 g/mol. The molecular weight excluding hydrogens is 458 g/mol. The van der Waals surface area contributed by atoms with Gasteiger partial charge in [-0.3, -0.25) is 14.4 Å². The zero-order valence-electron chi connectivity index (χ0n) is 22.2. The molecule has 36 heavy (non-hydrogen) atoms. The molecule has 0 aromatic heterocycles. The van der Waals surface area contributed by atoms with Crippen LogP contribution in [0.1, 0.15) is 97.6 Å². The van der Waals surface area contributed by atoms with Crippen molar-refractivity contribution in [3.8, 4) is 11.5 Å². The standard InChI is InChI=1S/C28H39N3O5/c1-7-8-9-10-17(19-15-20(27(30)34)24(36-6)16-23(19)35-5)14-25(32)31-22-13-18(26(29)33)11-12-21(22)28(2,3)4/h11-13,15-17H,7-10,14H2,1-6H3,(H2,29,33)(H2,30,34)(H,31,32). The Labute approximate surface area is 213 Å². The van der Waals surface area contributed by atoms with Crippen molar-refractivity contribution >= 4 is 23.4 Å². The Morgan fingerprint density at radius 3 is 2.14 bits per heavy atom. The Morgan fingerprint density at radius 1 is 0.944 bits per heavy atom. The molecule has 2 aromatic carbocycles. The van der Waals surface area contributed by atoms with E-state index in [1.807, 2.05) is 26.8 Å². The largest absolute Gasteiger partial charge is 0.496 e. The molecule has 8 nitrogen and oxygen atoms in total. The van der Waals surface area contributed by atoms with Gasteiger partial charge in [0.25, 0.3) is 5.91 Å². The van der Waals surface area contributed by atoms with E-state index in [9.17, 15) is 14.4 Å². The number of rotatable bonds is 12. The van der Waals surface area contributed by atoms with Gasteiger partial charge in [-0.2, -0.15) is 0 Å². The van der Waals surface area contributed by atoms with Crippen LogP contribution >= 0.6 is 0 Å². The number of primary amides is 2. The fourth-order valence-electron chi connectivity index (χ4n) is 4.32. The van der Waals surface area contributed by atoms with Gasteiger partial charge in [-0.05, 0) is 47.1 Å². The Hall–Kier alpha value is -3.55. The van der Waals surface area contributed by atoms with Crippen molar-refractivity contribution in [2.45, 2.75) is 71.1 Å². The Bertz CT molecular complexity index is 1110. The molecule has 0 aliphatic carbocycles. The van der Waals surface area contributed by atoms with Gasteiger partial charge in [0.15, 0.2) is 0 Å². The van der Waals surface area contributed by atoms with Crippen molar-refractivity contribution in [3.05, 3.63) is 52.6 Å². The summed E-state index contributed by atoms with van der Waals surface area (Å²) in [5.41, 5.74) is 13.5. The summed E-state index contributed by atoms with van der Waals surface area (Å²) < 4.78 is 10.9. The SMILES string of the molecule is CCCCCC(CC(=O)Nc1cc(C(N)=O)ccc1C(C)(C)C)c1cc(C(N)=O)c(OC)cc1OC. The first-order chi connectivity index (χ1) is 16.9. The summed E-state index contributed by atoms with van der Waals surface area (Å²) in [6.07, 6.45) is 3.80. The summed E-state index contributed by atoms with van der Waals surface area (Å²) in [6.45, 7) is 8.20. The topological polar surface area (TPSA) is 134 Å². The smallest absolute Gasteiger partial charge is 0.252 e. The zero-order chi connectivity index (χ0) is 27.0. The maximum Gasteiger partial charge on any atom is 0.252 e. The average molecular weight is 498 g/mol. The van der Waals surface area contributed by atoms with E-state index in [4.69, 9.17) is 20.9 Å². The summed E-state index contributed by atoms with van der Waals surface area (Å²) in [5.74, 6) is -0.791. The van der Waals surface area contributed by atoms with Crippen molar-refractivity contribution < 1.29 is 23.9 Å². The number of anilines is 1. The van der Waals surface area contributed by atoms with E-state index in [1.165, 1.54) is 14.2 Å². The highest BCUT2D eigenvalue weighted by Gasteiger charge is 2.25. The van der Waals surface area contributed by atoms with Gasteiger partial charge in [-0.1, -0.05) is 53.0 Å². The fraction of sp³-hybridized carbons (Fsp3) is 0.464. The molecule has 0 bridgehead atoms. The first-order valence-corrected chi connectivity index (χ1v) is 12.2. The predicted octanol–water partition coefficient (Wildman–Crippen LogP) is 4.89. The summed E-state index contributed by atoms with van der Waals surface area (Å²) in [6, 6.07) is 8.40. The number of amides is 3. The molecule has 3 amide bonds. The predicted molar refractivity (Wildman–Crippen MR) is 142 cm³/mol. The van der Waals surface area contributed by atoms with Crippen molar-refractivity contribution in [1.82, 2.24) is 0 Å². The summed E-state index contributed by atoms with van der Waals surface area (Å²) in [4.78, 5) is 37.2. The number of methoxy groups -OCH3 is 2. The van der Waals surface area contributed by atoms with Gasteiger partial charge < -0.3 is 26.3 Å². The molecule has 5 N–H and O–H groups in total. The van der Waals surface area contributed by atoms with Crippen molar-refractivity contribution in [1.29, 1.82) is 0 Å². The number of ether oxygens (including phenoxy) is 2. The van der Waals surface area contributed by atoms with Gasteiger partial charge in [0, 0.05) is 23.7 Å². The van der Waals surface area contributed by atoms with Gasteiger partial charge >= 0.3 is 0 Å². The molecule has 2 rings (SSSR count). The van der Waals surface area contributed by atoms with E-state index in [0.29, 0.717) is 22.7 Å². The molecule has 0 spiro atoms. The molecule has 1 atom stereocenters. The van der Waals surface area contributed by atoms with E-state index in [-0.39, 0.29) is 29.2 Å². The second kappa shape index (κ2) is 12.4. The number of carbonyl (C=O) groups excluding carboxylic acids is 3. The second-order valence-corrected chi connectivity index (χ2v) is 9.98. The third kappa shape index (κ3) is 7.23. The number of hydrogen-bond donors (Lipinski definition) is 3. The summed E-state index contributed by atoms with van der Waals surface area (Å²) in [5, 5.41) is 3.00. The van der Waals surface area contributed by atoms with Gasteiger partial charge in [0.2, 0.25) is 11.8 Å². The van der Waals surface area contributed by atoms with Gasteiger partial charge in [-0.25, -0.2) is 0 Å². The molecule has 0 saturated carbocycles. The lowest BCUT2D eigenvalue weighted by Gasteiger charge is -2.25. The van der Waals surface area contributed by atoms with Gasteiger partial charge in [0.1, 0.15) is 11.5 Å². The number of nitrogens with two attached hydrogens (primary N) is 2. The first kappa shape index (κ1) is 28.7. The minimum atomic E-state index is -0.620. The summed E-state index contributed by atoms with van der Waals surface area (Å²) in [7, 11) is 3.00. The van der Waals surface area contributed by atoms with Gasteiger partial charge in [-0.15, -0.1) is 0 Å². The molecule has 0 aliphatic heterocycles. The van der Waals surface area contributed by atoms with Crippen LogP contribution in [0.15, 0.2) is 30.3 Å². The maximum atomic E-state index is 13.3. The van der Waals surface area contributed by atoms with Crippen LogP contribution in [0, 0.1) is 0 Å². The average Bonchev–Trinajstić information content (AvgIpc) is 2.81. The lowest BCUT2D eigenvalue weighted by molar-refractivity contribution is -0.116. The third-order valence-corrected chi connectivity index (χ3v) is 6.23. The molecule has 196 valence electrons. The second-order valence-electron chi connectivity index (χ2n) is 9.98. The fourth-order valence-corrected chi connectivity index (χ4v) is 4.32. The highest BCUT2D eigenvalue weighted by atomic mass is 16.5. The van der Waals surface area contributed by atoms with Crippen LogP contribution < -0.4 is 26.3 Å². The Kier molecular flexibility index (Phi) is 9.90. The molecular formula is C28H39N3O5. The van der Waals surface area contributed by atoms with Crippen molar-refractivity contribution in [2.75, 3.05) is 19.5 Å². The van der Waals surface area contributed by atoms with E-state index in [2.05, 4.69) is 12.2 Å². The molecule has 1 unspecified atom stereocenters. The summed E-state index contributed by atoms with van der Waals surface area (Å²) >= 11 is 0. The molecule has 2 aromatic rings. The molecule has 0 aliphatic rings. The van der Waals surface area contributed by atoms with Crippen molar-refractivity contribution in [3.63, 3.8) is 0 Å². The lowest BCUT2D eigenvalue weighted by atomic mass is 9.84. The number of benzene rings is 2. The molecule has 8 heteroatoms. The number of carbonyl (C=O) groups is 3. The van der Waals surface area contributed by atoms with Crippen LogP contribution in [-0.4, -0.2) is 31.9 Å². The third-order valence-electron chi connectivity index (χ3n) is 6.23. The van der Waals surface area contributed by atoms with E-state index in [1.54, 1.807) is 24.3 Å². The van der Waals surface area contributed by atoms with Crippen LogP contribution in [0.4, 0.5) is 5.69 Å². The normalized spacial score (nSPS) is 12.1. The highest BCUT2D eigenvalue weighted by molar-refractivity contribution is 5.98. The molecule has 0 radical (unpaired) electrons. The molecule has 0 fully saturated rings. The van der Waals surface area contributed by atoms with Crippen molar-refractivity contribution in [2.24, 2.45) is 11.5 Å². The minimum Gasteiger partial charge on any atom is -0.496 e. The Morgan fingerprint density at radius 2 is 1.61 bits per heavy atom. The van der Waals surface area contributed by atoms with Crippen LogP contribution in [-0.2, 0) is 10.2 Å². The van der Waals surface area contributed by atoms with E-state index < -0.39 is 11.8 Å². The minimum absolute atomic E-state index is 0.148. The number of nitrogens with one attached hydrogen (secondary N) is 1. The zero-order valence-corrected chi connectivity index (χ0v) is 22.2. The van der Waals surface area contributed by atoms with E-state index in [0.717, 1.165) is 36.8 Å². The van der Waals surface area contributed by atoms with Crippen LogP contribution in [0.5, 0.6) is 11.5 Å². The lowest BCUT2D eigenvalue weighted by Crippen LogP contribution is -2.22. The number of hydrogen-bond acceptors (Lipinski definition) is 5. The van der Waals surface area contributed by atoms with Gasteiger partial charge in [0.05, 0.1) is 19.8 Å². The van der Waals surface area contributed by atoms with Crippen LogP contribution in [0.25, 0.3) is 0 Å². The van der Waals surface area contributed by atoms with E-state index >= 15 is 0 Å².